The highest BCUT2D eigenvalue weighted by Gasteiger charge is 2.17. The van der Waals surface area contributed by atoms with Gasteiger partial charge in [0.15, 0.2) is 5.13 Å². The van der Waals surface area contributed by atoms with Gasteiger partial charge in [0.25, 0.3) is 5.91 Å². The Balaban J connectivity index is 2.13. The number of hydrogen-bond donors (Lipinski definition) is 1. The van der Waals surface area contributed by atoms with Crippen molar-refractivity contribution in [3.8, 4) is 0 Å². The SMILES string of the molecule is CCOC(=O)c1sc(NC(=O)c2cccnc2)nc1C. The number of aryl methyl sites for hydroxylation is 1. The van der Waals surface area contributed by atoms with Crippen molar-refractivity contribution < 1.29 is 14.3 Å². The minimum atomic E-state index is -0.427. The van der Waals surface area contributed by atoms with Crippen LogP contribution in [0.5, 0.6) is 0 Å². The molecule has 2 aromatic rings. The average molecular weight is 291 g/mol. The van der Waals surface area contributed by atoms with Crippen molar-refractivity contribution in [2.24, 2.45) is 0 Å². The zero-order chi connectivity index (χ0) is 14.5. The van der Waals surface area contributed by atoms with Crippen LogP contribution in [0.3, 0.4) is 0 Å². The molecule has 2 aromatic heterocycles. The molecule has 0 aliphatic carbocycles. The van der Waals surface area contributed by atoms with Gasteiger partial charge in [-0.25, -0.2) is 9.78 Å². The number of amides is 1. The van der Waals surface area contributed by atoms with Gasteiger partial charge >= 0.3 is 5.97 Å². The standard InChI is InChI=1S/C13H13N3O3S/c1-3-19-12(18)10-8(2)15-13(20-10)16-11(17)9-5-4-6-14-7-9/h4-7H,3H2,1-2H3,(H,15,16,17). The molecule has 2 heterocycles. The van der Waals surface area contributed by atoms with Crippen LogP contribution in [0.2, 0.25) is 0 Å². The van der Waals surface area contributed by atoms with Crippen LogP contribution < -0.4 is 5.32 Å². The molecule has 20 heavy (non-hydrogen) atoms. The van der Waals surface area contributed by atoms with E-state index in [4.69, 9.17) is 4.74 Å². The third-order valence-electron chi connectivity index (χ3n) is 2.40. The molecule has 7 heteroatoms. The Morgan fingerprint density at radius 3 is 2.90 bits per heavy atom. The van der Waals surface area contributed by atoms with E-state index < -0.39 is 5.97 Å². The Bertz CT molecular complexity index is 625. The summed E-state index contributed by atoms with van der Waals surface area (Å²) in [6, 6.07) is 3.32. The highest BCUT2D eigenvalue weighted by atomic mass is 32.1. The minimum Gasteiger partial charge on any atom is -0.462 e. The summed E-state index contributed by atoms with van der Waals surface area (Å²) in [7, 11) is 0. The van der Waals surface area contributed by atoms with Crippen LogP contribution in [0, 0.1) is 6.92 Å². The first-order valence-electron chi connectivity index (χ1n) is 5.97. The van der Waals surface area contributed by atoms with E-state index in [9.17, 15) is 9.59 Å². The number of esters is 1. The number of ether oxygens (including phenoxy) is 1. The highest BCUT2D eigenvalue weighted by Crippen LogP contribution is 2.23. The molecular weight excluding hydrogens is 278 g/mol. The van der Waals surface area contributed by atoms with E-state index in [1.54, 1.807) is 32.2 Å². The first-order chi connectivity index (χ1) is 9.61. The molecular formula is C13H13N3O3S. The topological polar surface area (TPSA) is 81.2 Å². The normalized spacial score (nSPS) is 10.1. The summed E-state index contributed by atoms with van der Waals surface area (Å²) in [6.07, 6.45) is 3.05. The average Bonchev–Trinajstić information content (AvgIpc) is 2.81. The molecule has 104 valence electrons. The van der Waals surface area contributed by atoms with Crippen molar-refractivity contribution in [1.82, 2.24) is 9.97 Å². The van der Waals surface area contributed by atoms with Gasteiger partial charge in [0.2, 0.25) is 0 Å². The molecule has 0 spiro atoms. The van der Waals surface area contributed by atoms with Crippen molar-refractivity contribution in [3.63, 3.8) is 0 Å². The second-order valence-corrected chi connectivity index (χ2v) is 4.85. The molecule has 0 aromatic carbocycles. The lowest BCUT2D eigenvalue weighted by Crippen LogP contribution is -2.11. The molecule has 0 atom stereocenters. The van der Waals surface area contributed by atoms with Crippen molar-refractivity contribution in [1.29, 1.82) is 0 Å². The molecule has 0 bridgehead atoms. The van der Waals surface area contributed by atoms with Crippen LogP contribution >= 0.6 is 11.3 Å². The number of aromatic nitrogens is 2. The Kier molecular flexibility index (Phi) is 4.41. The third-order valence-corrected chi connectivity index (χ3v) is 3.45. The number of thiazole rings is 1. The van der Waals surface area contributed by atoms with Gasteiger partial charge in [-0.15, -0.1) is 0 Å². The molecule has 0 saturated heterocycles. The zero-order valence-electron chi connectivity index (χ0n) is 11.0. The lowest BCUT2D eigenvalue weighted by Gasteiger charge is -2.00. The van der Waals surface area contributed by atoms with Crippen LogP contribution in [-0.4, -0.2) is 28.5 Å². The minimum absolute atomic E-state index is 0.299. The Labute approximate surface area is 119 Å². The van der Waals surface area contributed by atoms with E-state index in [0.717, 1.165) is 11.3 Å². The van der Waals surface area contributed by atoms with Crippen LogP contribution in [0.15, 0.2) is 24.5 Å². The highest BCUT2D eigenvalue weighted by molar-refractivity contribution is 7.17. The summed E-state index contributed by atoms with van der Waals surface area (Å²) in [6.45, 7) is 3.73. The van der Waals surface area contributed by atoms with Crippen LogP contribution in [0.25, 0.3) is 0 Å². The quantitative estimate of drug-likeness (QED) is 0.874. The predicted molar refractivity (Wildman–Crippen MR) is 75.0 cm³/mol. The van der Waals surface area contributed by atoms with E-state index in [2.05, 4.69) is 15.3 Å². The molecule has 0 aliphatic rings. The maximum Gasteiger partial charge on any atom is 0.350 e. The lowest BCUT2D eigenvalue weighted by atomic mass is 10.3. The zero-order valence-corrected chi connectivity index (χ0v) is 11.9. The van der Waals surface area contributed by atoms with Crippen molar-refractivity contribution in [2.75, 3.05) is 11.9 Å². The number of nitrogens with one attached hydrogen (secondary N) is 1. The second-order valence-electron chi connectivity index (χ2n) is 3.85. The Morgan fingerprint density at radius 1 is 1.45 bits per heavy atom. The second kappa shape index (κ2) is 6.25. The number of hydrogen-bond acceptors (Lipinski definition) is 6. The van der Waals surface area contributed by atoms with Crippen molar-refractivity contribution >= 4 is 28.3 Å². The van der Waals surface area contributed by atoms with Crippen molar-refractivity contribution in [3.05, 3.63) is 40.7 Å². The smallest absolute Gasteiger partial charge is 0.350 e. The molecule has 0 aliphatic heterocycles. The van der Waals surface area contributed by atoms with Gasteiger partial charge in [-0.1, -0.05) is 11.3 Å². The molecule has 1 N–H and O–H groups in total. The van der Waals surface area contributed by atoms with Crippen LogP contribution in [0.4, 0.5) is 5.13 Å². The first-order valence-corrected chi connectivity index (χ1v) is 6.79. The molecule has 0 saturated carbocycles. The summed E-state index contributed by atoms with van der Waals surface area (Å²) in [5.74, 6) is -0.744. The number of carbonyl (C=O) groups excluding carboxylic acids is 2. The summed E-state index contributed by atoms with van der Waals surface area (Å²) < 4.78 is 4.92. The van der Waals surface area contributed by atoms with Crippen LogP contribution in [-0.2, 0) is 4.74 Å². The van der Waals surface area contributed by atoms with E-state index in [-0.39, 0.29) is 5.91 Å². The van der Waals surface area contributed by atoms with E-state index in [0.29, 0.717) is 27.9 Å². The number of carbonyl (C=O) groups is 2. The Hall–Kier alpha value is -2.28. The maximum absolute atomic E-state index is 11.9. The number of rotatable bonds is 4. The van der Waals surface area contributed by atoms with Gasteiger partial charge in [-0.05, 0) is 26.0 Å². The predicted octanol–water partition coefficient (Wildman–Crippen LogP) is 2.28. The van der Waals surface area contributed by atoms with Gasteiger partial charge < -0.3 is 4.74 Å². The molecule has 0 fully saturated rings. The fourth-order valence-electron chi connectivity index (χ4n) is 1.50. The summed E-state index contributed by atoms with van der Waals surface area (Å²) in [5, 5.41) is 3.00. The fraction of sp³-hybridized carbons (Fsp3) is 0.231. The van der Waals surface area contributed by atoms with Crippen molar-refractivity contribution in [2.45, 2.75) is 13.8 Å². The summed E-state index contributed by atoms with van der Waals surface area (Å²) >= 11 is 1.09. The summed E-state index contributed by atoms with van der Waals surface area (Å²) in [4.78, 5) is 32.0. The summed E-state index contributed by atoms with van der Waals surface area (Å²) in [5.41, 5.74) is 0.966. The third kappa shape index (κ3) is 3.18. The molecule has 0 radical (unpaired) electrons. The van der Waals surface area contributed by atoms with E-state index >= 15 is 0 Å². The van der Waals surface area contributed by atoms with E-state index in [1.165, 1.54) is 6.20 Å². The number of nitrogens with zero attached hydrogens (tertiary/aromatic N) is 2. The van der Waals surface area contributed by atoms with E-state index in [1.807, 2.05) is 0 Å². The molecule has 6 nitrogen and oxygen atoms in total. The van der Waals surface area contributed by atoms with Gasteiger partial charge in [-0.2, -0.15) is 0 Å². The largest absolute Gasteiger partial charge is 0.462 e. The lowest BCUT2D eigenvalue weighted by molar-refractivity contribution is 0.0531. The molecule has 2 rings (SSSR count). The van der Waals surface area contributed by atoms with Gasteiger partial charge in [0.1, 0.15) is 4.88 Å². The monoisotopic (exact) mass is 291 g/mol. The van der Waals surface area contributed by atoms with Gasteiger partial charge in [-0.3, -0.25) is 15.1 Å². The number of anilines is 1. The maximum atomic E-state index is 11.9. The van der Waals surface area contributed by atoms with Gasteiger partial charge in [0, 0.05) is 12.4 Å². The first kappa shape index (κ1) is 14.1. The number of pyridine rings is 1. The Morgan fingerprint density at radius 2 is 2.25 bits per heavy atom. The van der Waals surface area contributed by atoms with Crippen LogP contribution in [0.1, 0.15) is 32.6 Å². The molecule has 0 unspecified atom stereocenters. The van der Waals surface area contributed by atoms with Gasteiger partial charge in [0.05, 0.1) is 17.9 Å². The fourth-order valence-corrected chi connectivity index (χ4v) is 2.36. The molecule has 1 amide bonds.